The molecule has 2 aromatic carbocycles. The van der Waals surface area contributed by atoms with E-state index in [-0.39, 0.29) is 5.91 Å². The summed E-state index contributed by atoms with van der Waals surface area (Å²) in [5, 5.41) is 31.7. The summed E-state index contributed by atoms with van der Waals surface area (Å²) < 4.78 is 31.7. The summed E-state index contributed by atoms with van der Waals surface area (Å²) in [5.74, 6) is -2.98. The summed E-state index contributed by atoms with van der Waals surface area (Å²) in [4.78, 5) is 38.8. The molecule has 0 bridgehead atoms. The number of aromatic amines is 1. The Bertz CT molecular complexity index is 1490. The zero-order chi connectivity index (χ0) is 29.4. The number of alkyl halides is 3. The zero-order valence-electron chi connectivity index (χ0n) is 20.8. The highest BCUT2D eigenvalue weighted by Gasteiger charge is 2.38. The van der Waals surface area contributed by atoms with E-state index in [0.29, 0.717) is 36.3 Å². The number of carbonyl (C=O) groups is 3. The van der Waals surface area contributed by atoms with Gasteiger partial charge in [0.1, 0.15) is 6.04 Å². The van der Waals surface area contributed by atoms with Gasteiger partial charge >= 0.3 is 18.2 Å². The monoisotopic (exact) mass is 555 g/mol. The van der Waals surface area contributed by atoms with Crippen LogP contribution in [0.3, 0.4) is 0 Å². The van der Waals surface area contributed by atoms with Crippen molar-refractivity contribution in [3.8, 4) is 12.1 Å². The van der Waals surface area contributed by atoms with Crippen LogP contribution in [0.1, 0.15) is 24.0 Å². The molecule has 3 aromatic rings. The number of carboxylic acid groups (broad SMARTS) is 1. The Hall–Kier alpha value is -5.08. The molecule has 1 aliphatic rings. The number of rotatable bonds is 5. The minimum Gasteiger partial charge on any atom is -0.475 e. The van der Waals surface area contributed by atoms with Crippen LogP contribution in [0.15, 0.2) is 48.7 Å². The molecule has 14 heteroatoms. The number of nitriles is 2. The lowest BCUT2D eigenvalue weighted by Gasteiger charge is -2.23. The smallest absolute Gasteiger partial charge is 0.475 e. The van der Waals surface area contributed by atoms with Gasteiger partial charge in [-0.2, -0.15) is 23.7 Å². The minimum absolute atomic E-state index is 0.221. The number of carboxylic acids is 1. The third kappa shape index (κ3) is 7.49. The third-order valence-corrected chi connectivity index (χ3v) is 5.96. The Balaban J connectivity index is 0.000000559. The van der Waals surface area contributed by atoms with Gasteiger partial charge in [0.25, 0.3) is 0 Å². The van der Waals surface area contributed by atoms with Crippen molar-refractivity contribution in [1.29, 1.82) is 10.5 Å². The summed E-state index contributed by atoms with van der Waals surface area (Å²) in [6.45, 7) is 0.555. The fourth-order valence-corrected chi connectivity index (χ4v) is 4.09. The Morgan fingerprint density at radius 2 is 1.82 bits per heavy atom. The number of anilines is 2. The first-order valence-corrected chi connectivity index (χ1v) is 11.9. The Labute approximate surface area is 226 Å². The molecule has 2 atom stereocenters. The minimum atomic E-state index is -5.08. The number of aliphatic carboxylic acids is 1. The standard InChI is InChI=1S/C24H23N7O2.C2HF3O2/c25-12-15-3-1-4-17(9-15)29-24(33)30-18-6-7-22-20(11-18)16(14-28-22)10-21(27)23(32)31-8-2-5-19(31)13-26;3-2(4,5)1(6)7/h1,3-4,6-7,9,11,14,19,21,28H,2,5,8,10,27H2,(H2,29,30,33);(H,6,7)/t19-,21+;/m1./s1. The Kier molecular flexibility index (Phi) is 9.32. The number of H-pyrrole nitrogens is 1. The first-order chi connectivity index (χ1) is 18.9. The van der Waals surface area contributed by atoms with Crippen LogP contribution in [-0.4, -0.2) is 57.7 Å². The average molecular weight is 556 g/mol. The number of halogens is 3. The van der Waals surface area contributed by atoms with Crippen molar-refractivity contribution in [2.75, 3.05) is 17.2 Å². The first kappa shape index (κ1) is 29.5. The molecule has 1 aliphatic heterocycles. The predicted molar refractivity (Wildman–Crippen MR) is 138 cm³/mol. The van der Waals surface area contributed by atoms with Crippen LogP contribution >= 0.6 is 0 Å². The molecule has 0 aliphatic carbocycles. The number of urea groups is 1. The van der Waals surface area contributed by atoms with Gasteiger partial charge in [0.2, 0.25) is 5.91 Å². The second-order valence-electron chi connectivity index (χ2n) is 8.78. The van der Waals surface area contributed by atoms with Gasteiger partial charge in [0, 0.05) is 35.0 Å². The van der Waals surface area contributed by atoms with E-state index in [0.717, 1.165) is 22.9 Å². The van der Waals surface area contributed by atoms with E-state index in [9.17, 15) is 28.0 Å². The summed E-state index contributed by atoms with van der Waals surface area (Å²) in [7, 11) is 0. The molecule has 6 N–H and O–H groups in total. The third-order valence-electron chi connectivity index (χ3n) is 5.96. The number of nitrogens with one attached hydrogen (secondary N) is 3. The van der Waals surface area contributed by atoms with Crippen molar-refractivity contribution in [3.05, 3.63) is 59.8 Å². The number of aromatic nitrogens is 1. The molecule has 208 valence electrons. The van der Waals surface area contributed by atoms with E-state index < -0.39 is 30.3 Å². The molecular formula is C26H24F3N7O4. The molecule has 40 heavy (non-hydrogen) atoms. The largest absolute Gasteiger partial charge is 0.490 e. The van der Waals surface area contributed by atoms with Gasteiger partial charge in [0.15, 0.2) is 0 Å². The molecule has 0 saturated carbocycles. The van der Waals surface area contributed by atoms with Crippen molar-refractivity contribution in [1.82, 2.24) is 9.88 Å². The normalized spacial score (nSPS) is 15.2. The number of carbonyl (C=O) groups excluding carboxylic acids is 2. The van der Waals surface area contributed by atoms with Crippen molar-refractivity contribution >= 4 is 40.2 Å². The molecule has 2 heterocycles. The van der Waals surface area contributed by atoms with Crippen LogP contribution < -0.4 is 16.4 Å². The van der Waals surface area contributed by atoms with Crippen LogP contribution in [0.25, 0.3) is 10.9 Å². The van der Waals surface area contributed by atoms with Crippen molar-refractivity contribution in [3.63, 3.8) is 0 Å². The van der Waals surface area contributed by atoms with Crippen molar-refractivity contribution < 1.29 is 32.7 Å². The predicted octanol–water partition coefficient (Wildman–Crippen LogP) is 3.70. The maximum Gasteiger partial charge on any atom is 0.490 e. The van der Waals surface area contributed by atoms with Crippen LogP contribution in [0.4, 0.5) is 29.3 Å². The van der Waals surface area contributed by atoms with E-state index in [4.69, 9.17) is 20.9 Å². The SMILES string of the molecule is N#Cc1cccc(NC(=O)Nc2ccc3[nH]cc(C[C@H](N)C(=O)N4CCC[C@@H]4C#N)c3c2)c1.O=C(O)C(F)(F)F. The molecule has 4 rings (SSSR count). The van der Waals surface area contributed by atoms with Gasteiger partial charge in [-0.3, -0.25) is 4.79 Å². The second-order valence-corrected chi connectivity index (χ2v) is 8.78. The Morgan fingerprint density at radius 3 is 2.45 bits per heavy atom. The van der Waals surface area contributed by atoms with Gasteiger partial charge in [0.05, 0.1) is 23.7 Å². The lowest BCUT2D eigenvalue weighted by atomic mass is 10.0. The quantitative estimate of drug-likeness (QED) is 0.317. The van der Waals surface area contributed by atoms with Crippen molar-refractivity contribution in [2.45, 2.75) is 37.5 Å². The van der Waals surface area contributed by atoms with E-state index in [1.807, 2.05) is 18.2 Å². The maximum atomic E-state index is 12.8. The second kappa shape index (κ2) is 12.6. The van der Waals surface area contributed by atoms with Gasteiger partial charge in [-0.05, 0) is 61.2 Å². The highest BCUT2D eigenvalue weighted by Crippen LogP contribution is 2.25. The highest BCUT2D eigenvalue weighted by atomic mass is 19.4. The molecule has 3 amide bonds. The molecule has 1 saturated heterocycles. The molecule has 1 fully saturated rings. The number of nitrogens with two attached hydrogens (primary N) is 1. The molecule has 0 spiro atoms. The van der Waals surface area contributed by atoms with Gasteiger partial charge in [-0.15, -0.1) is 0 Å². The van der Waals surface area contributed by atoms with Crippen molar-refractivity contribution in [2.24, 2.45) is 5.73 Å². The number of benzene rings is 2. The maximum absolute atomic E-state index is 12.8. The number of fused-ring (bicyclic) bond motifs is 1. The van der Waals surface area contributed by atoms with Crippen LogP contribution in [-0.2, 0) is 16.0 Å². The van der Waals surface area contributed by atoms with Gasteiger partial charge in [-0.1, -0.05) is 6.07 Å². The van der Waals surface area contributed by atoms with E-state index >= 15 is 0 Å². The van der Waals surface area contributed by atoms with Crippen LogP contribution in [0.2, 0.25) is 0 Å². The molecule has 0 radical (unpaired) electrons. The lowest BCUT2D eigenvalue weighted by molar-refractivity contribution is -0.192. The zero-order valence-corrected chi connectivity index (χ0v) is 20.8. The fourth-order valence-electron chi connectivity index (χ4n) is 4.09. The number of nitrogens with zero attached hydrogens (tertiary/aromatic N) is 3. The summed E-state index contributed by atoms with van der Waals surface area (Å²) in [5.41, 5.74) is 9.45. The first-order valence-electron chi connectivity index (χ1n) is 11.9. The molecule has 1 aromatic heterocycles. The van der Waals surface area contributed by atoms with E-state index in [2.05, 4.69) is 21.7 Å². The van der Waals surface area contributed by atoms with Crippen LogP contribution in [0, 0.1) is 22.7 Å². The summed E-state index contributed by atoms with van der Waals surface area (Å²) in [6, 6.07) is 14.6. The average Bonchev–Trinajstić information content (AvgIpc) is 3.55. The van der Waals surface area contributed by atoms with Crippen LogP contribution in [0.5, 0.6) is 0 Å². The molecule has 11 nitrogen and oxygen atoms in total. The van der Waals surface area contributed by atoms with Gasteiger partial charge in [-0.25, -0.2) is 9.59 Å². The molecular weight excluding hydrogens is 531 g/mol. The van der Waals surface area contributed by atoms with Gasteiger partial charge < -0.3 is 31.4 Å². The number of likely N-dealkylation sites (tertiary alicyclic amines) is 1. The number of amides is 3. The topological polar surface area (TPSA) is 188 Å². The summed E-state index contributed by atoms with van der Waals surface area (Å²) >= 11 is 0. The molecule has 0 unspecified atom stereocenters. The Morgan fingerprint density at radius 1 is 1.15 bits per heavy atom. The lowest BCUT2D eigenvalue weighted by Crippen LogP contribution is -2.46. The number of hydrogen-bond donors (Lipinski definition) is 5. The number of hydrogen-bond acceptors (Lipinski definition) is 6. The highest BCUT2D eigenvalue weighted by molar-refractivity contribution is 6.01. The fraction of sp³-hybridized carbons (Fsp3) is 0.269. The summed E-state index contributed by atoms with van der Waals surface area (Å²) in [6.07, 6.45) is -1.48. The van der Waals surface area contributed by atoms with E-state index in [1.54, 1.807) is 41.4 Å². The van der Waals surface area contributed by atoms with E-state index in [1.165, 1.54) is 0 Å².